The molecule has 0 saturated carbocycles. The molecule has 0 aliphatic heterocycles. The average molecular weight is 1910 g/mol. The second-order valence-corrected chi connectivity index (χ2v) is 39.7. The topological polar surface area (TPSA) is 116 Å². The fourth-order valence-corrected chi connectivity index (χ4v) is 23.1. The first-order valence-corrected chi connectivity index (χ1v) is 50.9. The lowest BCUT2D eigenvalue weighted by Gasteiger charge is -2.30. The molecule has 6 heterocycles. The van der Waals surface area contributed by atoms with Gasteiger partial charge < -0.3 is 0 Å². The SMILES string of the molecule is CC1(C)c2ccc(-c3ccc(-c4cc(-c5ccc(-c6ccncc6)cc5)nc(-c5ccccc5)n4)cc3)cc2-c2ccc3ccccc3c21.CC1(C)c2ccccc2-c2c(-c3ccc(-c4cc(-c5ccc(-c6ccccc6)nc5)nc(-c5ccccc5)n4)cc3)cccc21.c1ccc(-c2nc(-c3ccc(-c4ccccn4)cc3)cc(-c3ccc(-c4cccc5c4-c4ccccc4C54c5ccccc5-c5ccccc54)cc3)n2)cc1. The zero-order valence-corrected chi connectivity index (χ0v) is 82.6. The quantitative estimate of drug-likeness (QED) is 0.0989. The molecule has 149 heavy (non-hydrogen) atoms. The Morgan fingerprint density at radius 1 is 0.168 bits per heavy atom. The summed E-state index contributed by atoms with van der Waals surface area (Å²) < 4.78 is 0. The number of pyridine rings is 3. The highest BCUT2D eigenvalue weighted by atomic mass is 14.9. The molecule has 0 saturated heterocycles. The predicted octanol–water partition coefficient (Wildman–Crippen LogP) is 34.7. The summed E-state index contributed by atoms with van der Waals surface area (Å²) in [5.41, 5.74) is 49.1. The Hall–Kier alpha value is -19.1. The molecule has 24 aromatic rings. The highest BCUT2D eigenvalue weighted by molar-refractivity contribution is 6.02. The van der Waals surface area contributed by atoms with Crippen LogP contribution in [0.5, 0.6) is 0 Å². The summed E-state index contributed by atoms with van der Waals surface area (Å²) in [6, 6.07) is 174. The third-order valence-electron chi connectivity index (χ3n) is 30.4. The van der Waals surface area contributed by atoms with Crippen LogP contribution in [0.4, 0.5) is 0 Å². The molecular formula is C140H97N9. The van der Waals surface area contributed by atoms with Crippen molar-refractivity contribution in [2.75, 3.05) is 0 Å². The summed E-state index contributed by atoms with van der Waals surface area (Å²) in [6.07, 6.45) is 7.37. The second kappa shape index (κ2) is 37.6. The van der Waals surface area contributed by atoms with Gasteiger partial charge in [-0.2, -0.15) is 0 Å². The van der Waals surface area contributed by atoms with Crippen molar-refractivity contribution in [1.82, 2.24) is 44.9 Å². The monoisotopic (exact) mass is 1900 g/mol. The molecule has 0 fully saturated rings. The van der Waals surface area contributed by atoms with Crippen LogP contribution in [0, 0.1) is 0 Å². The molecule has 0 radical (unpaired) electrons. The van der Waals surface area contributed by atoms with Gasteiger partial charge in [0.25, 0.3) is 0 Å². The van der Waals surface area contributed by atoms with Crippen LogP contribution in [-0.2, 0) is 16.2 Å². The van der Waals surface area contributed by atoms with E-state index in [4.69, 9.17) is 34.9 Å². The Bertz CT molecular complexity index is 9180. The van der Waals surface area contributed by atoms with Gasteiger partial charge in [0, 0.05) is 96.8 Å². The smallest absolute Gasteiger partial charge is 0.160 e. The van der Waals surface area contributed by atoms with Gasteiger partial charge in [0.05, 0.1) is 51.0 Å². The molecule has 4 aliphatic carbocycles. The maximum Gasteiger partial charge on any atom is 0.160 e. The molecule has 0 N–H and O–H groups in total. The van der Waals surface area contributed by atoms with Crippen LogP contribution >= 0.6 is 0 Å². The van der Waals surface area contributed by atoms with E-state index in [1.165, 1.54) is 133 Å². The van der Waals surface area contributed by atoms with Crippen LogP contribution in [0.2, 0.25) is 0 Å². The van der Waals surface area contributed by atoms with Crippen molar-refractivity contribution in [1.29, 1.82) is 0 Å². The van der Waals surface area contributed by atoms with E-state index in [1.807, 2.05) is 128 Å². The van der Waals surface area contributed by atoms with E-state index in [0.29, 0.717) is 17.5 Å². The molecule has 4 aliphatic rings. The van der Waals surface area contributed by atoms with E-state index >= 15 is 0 Å². The molecule has 0 bridgehead atoms. The highest BCUT2D eigenvalue weighted by Crippen LogP contribution is 2.65. The highest BCUT2D eigenvalue weighted by Gasteiger charge is 2.52. The van der Waals surface area contributed by atoms with E-state index in [1.54, 1.807) is 0 Å². The Balaban J connectivity index is 0.000000114. The third-order valence-corrected chi connectivity index (χ3v) is 30.4. The van der Waals surface area contributed by atoms with Gasteiger partial charge in [-0.1, -0.05) is 458 Å². The predicted molar refractivity (Wildman–Crippen MR) is 610 cm³/mol. The van der Waals surface area contributed by atoms with Crippen molar-refractivity contribution in [3.8, 4) is 213 Å². The van der Waals surface area contributed by atoms with Crippen molar-refractivity contribution in [3.05, 3.63) is 561 Å². The van der Waals surface area contributed by atoms with Gasteiger partial charge >= 0.3 is 0 Å². The first-order chi connectivity index (χ1) is 73.4. The number of benzene rings is 18. The number of aromatic nitrogens is 9. The lowest BCUT2D eigenvalue weighted by molar-refractivity contribution is 0.660. The van der Waals surface area contributed by atoms with Crippen LogP contribution in [0.3, 0.4) is 0 Å². The summed E-state index contributed by atoms with van der Waals surface area (Å²) in [5.74, 6) is 2.10. The van der Waals surface area contributed by atoms with E-state index in [0.717, 1.165) is 118 Å². The van der Waals surface area contributed by atoms with Gasteiger partial charge in [0.2, 0.25) is 0 Å². The molecule has 9 heteroatoms. The summed E-state index contributed by atoms with van der Waals surface area (Å²) in [5, 5.41) is 2.64. The molecule has 6 aromatic heterocycles. The van der Waals surface area contributed by atoms with Crippen LogP contribution in [0.1, 0.15) is 72.2 Å². The number of rotatable bonds is 15. The van der Waals surface area contributed by atoms with Gasteiger partial charge in [-0.15, -0.1) is 0 Å². The zero-order chi connectivity index (χ0) is 99.7. The lowest BCUT2D eigenvalue weighted by atomic mass is 9.70. The number of fused-ring (bicyclic) bond motifs is 18. The summed E-state index contributed by atoms with van der Waals surface area (Å²) in [6.45, 7) is 9.36. The van der Waals surface area contributed by atoms with Crippen LogP contribution in [-0.4, -0.2) is 44.9 Å². The van der Waals surface area contributed by atoms with Gasteiger partial charge in [-0.05, 0) is 205 Å². The van der Waals surface area contributed by atoms with Crippen LogP contribution in [0.15, 0.2) is 516 Å². The Kier molecular flexibility index (Phi) is 22.7. The van der Waals surface area contributed by atoms with Crippen molar-refractivity contribution < 1.29 is 0 Å². The minimum Gasteiger partial charge on any atom is -0.265 e. The normalized spacial score (nSPS) is 12.9. The summed E-state index contributed by atoms with van der Waals surface area (Å²) in [7, 11) is 0. The number of nitrogens with zero attached hydrogens (tertiary/aromatic N) is 9. The third kappa shape index (κ3) is 16.2. The van der Waals surface area contributed by atoms with Gasteiger partial charge in [-0.3, -0.25) is 15.0 Å². The van der Waals surface area contributed by atoms with Crippen LogP contribution < -0.4 is 0 Å². The van der Waals surface area contributed by atoms with Crippen molar-refractivity contribution in [2.24, 2.45) is 0 Å². The zero-order valence-electron chi connectivity index (χ0n) is 82.6. The van der Waals surface area contributed by atoms with Gasteiger partial charge in [-0.25, -0.2) is 29.9 Å². The van der Waals surface area contributed by atoms with E-state index in [-0.39, 0.29) is 16.2 Å². The summed E-state index contributed by atoms with van der Waals surface area (Å²) >= 11 is 0. The number of hydrogen-bond donors (Lipinski definition) is 0. The van der Waals surface area contributed by atoms with E-state index in [2.05, 4.69) is 426 Å². The fourth-order valence-electron chi connectivity index (χ4n) is 23.1. The summed E-state index contributed by atoms with van der Waals surface area (Å²) in [4.78, 5) is 43.8. The van der Waals surface area contributed by atoms with Crippen molar-refractivity contribution >= 4 is 10.8 Å². The average Bonchev–Trinajstić information content (AvgIpc) is 1.50. The molecule has 28 rings (SSSR count). The Morgan fingerprint density at radius 2 is 0.503 bits per heavy atom. The van der Waals surface area contributed by atoms with Crippen molar-refractivity contribution in [2.45, 2.75) is 43.9 Å². The standard InChI is InChI=1S/C52H33N3.C46H33N3.C42H31N3/c1-2-13-38(14-3-1)51-54-48(33-49(55-51)37-30-28-35(29-31-37)47-23-10-11-32-53-47)36-26-24-34(25-27-36)39-18-12-22-46-50(39)42-17-6-9-21-45(42)52(46)43-19-7-4-15-40(43)41-16-5-8-20-44(41)52;1-46(2)41-23-21-37(28-40(41)39-22-20-33-8-6-7-11-38(33)44(39)46)31-14-18-35(19-15-31)43-29-42(48-45(49-43)36-9-4-3-5-10-36)34-16-12-30(13-17-34)32-24-26-47-27-25-32;1-42(2)35-18-10-9-16-34(35)40-33(17-11-19-36(40)42)28-20-22-30(23-21-28)38-26-39(45-41(44-38)31-14-7-4-8-15-31)32-24-25-37(43-27-32)29-12-5-3-6-13-29/h1-33H;3-29H,1-2H3;3-27H,1-2H3. The van der Waals surface area contributed by atoms with Crippen LogP contribution in [0.25, 0.3) is 224 Å². The molecule has 0 amide bonds. The molecule has 1 spiro atoms. The molecule has 702 valence electrons. The Labute approximate surface area is 867 Å². The van der Waals surface area contributed by atoms with Gasteiger partial charge in [0.1, 0.15) is 0 Å². The molecule has 9 nitrogen and oxygen atoms in total. The molecular weight excluding hydrogens is 1810 g/mol. The first kappa shape index (κ1) is 90.0. The maximum absolute atomic E-state index is 5.12. The minimum absolute atomic E-state index is 0.0266. The largest absolute Gasteiger partial charge is 0.265 e. The lowest BCUT2D eigenvalue weighted by Crippen LogP contribution is -2.25. The minimum atomic E-state index is -0.365. The fraction of sp³-hybridized carbons (Fsp3) is 0.0500. The van der Waals surface area contributed by atoms with Gasteiger partial charge in [0.15, 0.2) is 17.5 Å². The van der Waals surface area contributed by atoms with E-state index in [9.17, 15) is 0 Å². The molecule has 0 atom stereocenters. The Morgan fingerprint density at radius 3 is 0.980 bits per heavy atom. The first-order valence-electron chi connectivity index (χ1n) is 50.9. The second-order valence-electron chi connectivity index (χ2n) is 39.7. The molecule has 18 aromatic carbocycles. The maximum atomic E-state index is 5.12. The van der Waals surface area contributed by atoms with Crippen molar-refractivity contribution in [3.63, 3.8) is 0 Å². The van der Waals surface area contributed by atoms with E-state index < -0.39 is 0 Å². The molecule has 0 unspecified atom stereocenters. The number of hydrogen-bond acceptors (Lipinski definition) is 9.